The summed E-state index contributed by atoms with van der Waals surface area (Å²) in [6.07, 6.45) is 5.29. The Labute approximate surface area is 190 Å². The topological polar surface area (TPSA) is 67.4 Å². The highest BCUT2D eigenvalue weighted by Crippen LogP contribution is 2.38. The van der Waals surface area contributed by atoms with Crippen LogP contribution in [0.4, 0.5) is 0 Å². The lowest BCUT2D eigenvalue weighted by atomic mass is 10.2. The van der Waals surface area contributed by atoms with Crippen LogP contribution in [-0.2, 0) is 11.3 Å². The van der Waals surface area contributed by atoms with Gasteiger partial charge in [0.1, 0.15) is 24.7 Å². The number of benzene rings is 2. The molecule has 1 fully saturated rings. The van der Waals surface area contributed by atoms with Crippen molar-refractivity contribution in [2.24, 2.45) is 0 Å². The fraction of sp³-hybridized carbons (Fsp3) is 0.520. The lowest BCUT2D eigenvalue weighted by Gasteiger charge is -2.14. The van der Waals surface area contributed by atoms with Crippen LogP contribution in [0, 0.1) is 0 Å². The molecule has 0 unspecified atom stereocenters. The van der Waals surface area contributed by atoms with E-state index >= 15 is 0 Å². The first kappa shape index (κ1) is 24.0. The second kappa shape index (κ2) is 13.0. The summed E-state index contributed by atoms with van der Waals surface area (Å²) in [7, 11) is 4.78. The summed E-state index contributed by atoms with van der Waals surface area (Å²) >= 11 is 0. The number of rotatable bonds is 14. The van der Waals surface area contributed by atoms with Crippen LogP contribution < -0.4 is 29.0 Å². The van der Waals surface area contributed by atoms with Gasteiger partial charge in [0.15, 0.2) is 11.5 Å². The predicted octanol–water partition coefficient (Wildman–Crippen LogP) is 4.22. The van der Waals surface area contributed by atoms with Crippen molar-refractivity contribution < 1.29 is 28.4 Å². The lowest BCUT2D eigenvalue weighted by molar-refractivity contribution is 0.100. The van der Waals surface area contributed by atoms with E-state index in [-0.39, 0.29) is 0 Å². The Morgan fingerprint density at radius 2 is 1.41 bits per heavy atom. The molecule has 1 saturated carbocycles. The average Bonchev–Trinajstić information content (AvgIpc) is 3.35. The highest BCUT2D eigenvalue weighted by atomic mass is 16.5. The van der Waals surface area contributed by atoms with Gasteiger partial charge in [-0.15, -0.1) is 0 Å². The Bertz CT molecular complexity index is 780. The van der Waals surface area contributed by atoms with Crippen molar-refractivity contribution in [2.75, 3.05) is 47.7 Å². The molecule has 0 heterocycles. The van der Waals surface area contributed by atoms with E-state index in [1.165, 1.54) is 25.7 Å². The molecule has 32 heavy (non-hydrogen) atoms. The molecule has 0 spiro atoms. The standard InChI is InChI=1S/C25H35NO6/c1-27-23-16-19(17-24(28-2)25(23)29-3)18-32-22-10-8-21(9-11-22)31-15-14-30-13-12-26-20-6-4-5-7-20/h8-11,16-17,20,26H,4-7,12-15,18H2,1-3H3. The molecular formula is C25H35NO6. The second-order valence-electron chi connectivity index (χ2n) is 7.69. The third-order valence-electron chi connectivity index (χ3n) is 5.48. The van der Waals surface area contributed by atoms with Gasteiger partial charge in [-0.3, -0.25) is 0 Å². The molecule has 7 nitrogen and oxygen atoms in total. The van der Waals surface area contributed by atoms with E-state index in [4.69, 9.17) is 28.4 Å². The van der Waals surface area contributed by atoms with Crippen LogP contribution in [0.5, 0.6) is 28.7 Å². The predicted molar refractivity (Wildman–Crippen MR) is 123 cm³/mol. The third kappa shape index (κ3) is 7.21. The Morgan fingerprint density at radius 3 is 2.00 bits per heavy atom. The molecule has 2 aromatic carbocycles. The Hall–Kier alpha value is -2.64. The first-order valence-corrected chi connectivity index (χ1v) is 11.2. The van der Waals surface area contributed by atoms with Gasteiger partial charge in [0.05, 0.1) is 34.5 Å². The minimum absolute atomic E-state index is 0.375. The van der Waals surface area contributed by atoms with Crippen LogP contribution in [0.3, 0.4) is 0 Å². The number of methoxy groups -OCH3 is 3. The van der Waals surface area contributed by atoms with E-state index < -0.39 is 0 Å². The molecule has 1 N–H and O–H groups in total. The summed E-state index contributed by atoms with van der Waals surface area (Å²) in [6.45, 7) is 3.09. The minimum Gasteiger partial charge on any atom is -0.493 e. The van der Waals surface area contributed by atoms with Gasteiger partial charge in [-0.1, -0.05) is 12.8 Å². The van der Waals surface area contributed by atoms with Gasteiger partial charge in [-0.2, -0.15) is 0 Å². The lowest BCUT2D eigenvalue weighted by Crippen LogP contribution is -2.29. The highest BCUT2D eigenvalue weighted by Gasteiger charge is 2.14. The minimum atomic E-state index is 0.375. The summed E-state index contributed by atoms with van der Waals surface area (Å²) in [6, 6.07) is 12.0. The maximum Gasteiger partial charge on any atom is 0.203 e. The smallest absolute Gasteiger partial charge is 0.203 e. The van der Waals surface area contributed by atoms with E-state index in [1.807, 2.05) is 36.4 Å². The number of hydrogen-bond acceptors (Lipinski definition) is 7. The molecule has 0 bridgehead atoms. The van der Waals surface area contributed by atoms with Crippen molar-refractivity contribution >= 4 is 0 Å². The van der Waals surface area contributed by atoms with Crippen LogP contribution in [0.2, 0.25) is 0 Å². The molecule has 2 aromatic rings. The fourth-order valence-electron chi connectivity index (χ4n) is 3.80. The maximum atomic E-state index is 5.89. The van der Waals surface area contributed by atoms with Crippen LogP contribution in [0.15, 0.2) is 36.4 Å². The molecular weight excluding hydrogens is 410 g/mol. The quantitative estimate of drug-likeness (QED) is 0.437. The van der Waals surface area contributed by atoms with E-state index in [0.717, 1.165) is 23.6 Å². The summed E-state index contributed by atoms with van der Waals surface area (Å²) < 4.78 is 33.4. The molecule has 0 amide bonds. The van der Waals surface area contributed by atoms with Crippen LogP contribution >= 0.6 is 0 Å². The van der Waals surface area contributed by atoms with E-state index in [2.05, 4.69) is 5.32 Å². The molecule has 176 valence electrons. The molecule has 0 radical (unpaired) electrons. The SMILES string of the molecule is COc1cc(COc2ccc(OCCOCCNC3CCCC3)cc2)cc(OC)c1OC. The number of hydrogen-bond donors (Lipinski definition) is 1. The number of nitrogens with one attached hydrogen (secondary N) is 1. The monoisotopic (exact) mass is 445 g/mol. The average molecular weight is 446 g/mol. The first-order valence-electron chi connectivity index (χ1n) is 11.2. The summed E-state index contributed by atoms with van der Waals surface area (Å²) in [4.78, 5) is 0. The zero-order chi connectivity index (χ0) is 22.6. The number of ether oxygens (including phenoxy) is 6. The van der Waals surface area contributed by atoms with Gasteiger partial charge in [-0.25, -0.2) is 0 Å². The van der Waals surface area contributed by atoms with Crippen molar-refractivity contribution in [3.8, 4) is 28.7 Å². The van der Waals surface area contributed by atoms with Crippen molar-refractivity contribution in [2.45, 2.75) is 38.3 Å². The van der Waals surface area contributed by atoms with Gasteiger partial charge < -0.3 is 33.7 Å². The Balaban J connectivity index is 1.36. The van der Waals surface area contributed by atoms with E-state index in [1.54, 1.807) is 21.3 Å². The molecule has 7 heteroatoms. The van der Waals surface area contributed by atoms with Crippen LogP contribution in [0.1, 0.15) is 31.2 Å². The molecule has 0 atom stereocenters. The second-order valence-corrected chi connectivity index (χ2v) is 7.69. The fourth-order valence-corrected chi connectivity index (χ4v) is 3.80. The Morgan fingerprint density at radius 1 is 0.781 bits per heavy atom. The summed E-state index contributed by atoms with van der Waals surface area (Å²) in [5, 5.41) is 3.54. The summed E-state index contributed by atoms with van der Waals surface area (Å²) in [5.41, 5.74) is 0.916. The van der Waals surface area contributed by atoms with Gasteiger partial charge in [-0.05, 0) is 54.8 Å². The van der Waals surface area contributed by atoms with E-state index in [9.17, 15) is 0 Å². The summed E-state index contributed by atoms with van der Waals surface area (Å²) in [5.74, 6) is 3.31. The van der Waals surface area contributed by atoms with Gasteiger partial charge in [0.25, 0.3) is 0 Å². The maximum absolute atomic E-state index is 5.89. The van der Waals surface area contributed by atoms with Crippen molar-refractivity contribution in [3.05, 3.63) is 42.0 Å². The van der Waals surface area contributed by atoms with Crippen molar-refractivity contribution in [1.82, 2.24) is 5.32 Å². The molecule has 3 rings (SSSR count). The zero-order valence-corrected chi connectivity index (χ0v) is 19.4. The van der Waals surface area contributed by atoms with E-state index in [0.29, 0.717) is 49.7 Å². The Kier molecular flexibility index (Phi) is 9.78. The largest absolute Gasteiger partial charge is 0.493 e. The molecule has 1 aliphatic carbocycles. The molecule has 0 aromatic heterocycles. The zero-order valence-electron chi connectivity index (χ0n) is 19.4. The van der Waals surface area contributed by atoms with Crippen LogP contribution in [0.25, 0.3) is 0 Å². The van der Waals surface area contributed by atoms with Gasteiger partial charge >= 0.3 is 0 Å². The molecule has 0 aliphatic heterocycles. The van der Waals surface area contributed by atoms with Crippen molar-refractivity contribution in [3.63, 3.8) is 0 Å². The first-order chi connectivity index (χ1) is 15.7. The van der Waals surface area contributed by atoms with Gasteiger partial charge in [0, 0.05) is 12.6 Å². The van der Waals surface area contributed by atoms with Crippen LogP contribution in [-0.4, -0.2) is 53.7 Å². The molecule has 0 saturated heterocycles. The van der Waals surface area contributed by atoms with Crippen molar-refractivity contribution in [1.29, 1.82) is 0 Å². The third-order valence-corrected chi connectivity index (χ3v) is 5.48. The normalized spacial score (nSPS) is 13.7. The molecule has 1 aliphatic rings. The highest BCUT2D eigenvalue weighted by molar-refractivity contribution is 5.53. The van der Waals surface area contributed by atoms with Gasteiger partial charge in [0.2, 0.25) is 5.75 Å².